The minimum Gasteiger partial charge on any atom is -0.496 e. The van der Waals surface area contributed by atoms with E-state index in [0.29, 0.717) is 24.4 Å². The predicted octanol–water partition coefficient (Wildman–Crippen LogP) is 3.19. The molecule has 0 radical (unpaired) electrons. The van der Waals surface area contributed by atoms with E-state index in [2.05, 4.69) is 15.6 Å². The zero-order valence-corrected chi connectivity index (χ0v) is 22.7. The molecule has 2 saturated carbocycles. The van der Waals surface area contributed by atoms with Crippen LogP contribution in [0, 0.1) is 23.7 Å². The predicted molar refractivity (Wildman–Crippen MR) is 145 cm³/mol. The van der Waals surface area contributed by atoms with Crippen LogP contribution < -0.4 is 15.4 Å². The minimum absolute atomic E-state index is 0.00406. The molecular weight excluding hydrogens is 496 g/mol. The number of nitrogens with zero attached hydrogens (tertiary/aromatic N) is 1. The Balaban J connectivity index is 1.24. The van der Waals surface area contributed by atoms with Gasteiger partial charge in [-0.25, -0.2) is 0 Å². The second kappa shape index (κ2) is 10.3. The van der Waals surface area contributed by atoms with E-state index in [9.17, 15) is 19.2 Å². The second-order valence-electron chi connectivity index (χ2n) is 11.8. The second-order valence-corrected chi connectivity index (χ2v) is 11.8. The molecule has 208 valence electrons. The Bertz CT molecular complexity index is 1300. The summed E-state index contributed by atoms with van der Waals surface area (Å²) >= 11 is 0. The standard InChI is InChI=1S/C30H38N4O5/c1-3-25(35)23(13-19-18-9-5-10-21(18)32-28(19)36)33-29(37)27-17-8-4-7-16(17)15-34(27)30(38)24-14-20-22(31-24)11-6-12-26(20)39-2/h6,11-12,14,16-19,21,23,27,31H,3-5,7-10,13,15H2,1-2H3,(H,32,36)(H,33,37). The Hall–Kier alpha value is -3.36. The van der Waals surface area contributed by atoms with Crippen LogP contribution in [0.15, 0.2) is 24.3 Å². The first-order valence-electron chi connectivity index (χ1n) is 14.5. The molecule has 2 aliphatic carbocycles. The summed E-state index contributed by atoms with van der Waals surface area (Å²) in [6, 6.07) is 6.23. The lowest BCUT2D eigenvalue weighted by Crippen LogP contribution is -2.53. The molecule has 3 heterocycles. The highest BCUT2D eigenvalue weighted by molar-refractivity contribution is 6.02. The number of methoxy groups -OCH3 is 1. The normalized spacial score (nSPS) is 30.2. The van der Waals surface area contributed by atoms with Gasteiger partial charge in [-0.2, -0.15) is 0 Å². The van der Waals surface area contributed by atoms with Gasteiger partial charge in [0.25, 0.3) is 5.91 Å². The highest BCUT2D eigenvalue weighted by Crippen LogP contribution is 2.43. The molecule has 3 N–H and O–H groups in total. The van der Waals surface area contributed by atoms with Crippen molar-refractivity contribution in [2.75, 3.05) is 13.7 Å². The summed E-state index contributed by atoms with van der Waals surface area (Å²) in [7, 11) is 1.60. The fourth-order valence-electron chi connectivity index (χ4n) is 7.87. The molecule has 2 aromatic rings. The largest absolute Gasteiger partial charge is 0.496 e. The third kappa shape index (κ3) is 4.49. The summed E-state index contributed by atoms with van der Waals surface area (Å²) in [4.78, 5) is 58.5. The molecule has 3 amide bonds. The van der Waals surface area contributed by atoms with Crippen molar-refractivity contribution in [1.29, 1.82) is 0 Å². The van der Waals surface area contributed by atoms with Crippen LogP contribution in [0.2, 0.25) is 0 Å². The highest BCUT2D eigenvalue weighted by Gasteiger charge is 2.51. The van der Waals surface area contributed by atoms with Gasteiger partial charge in [0.1, 0.15) is 17.5 Å². The Labute approximate surface area is 228 Å². The SMILES string of the molecule is CCC(=O)C(CC1C(=O)NC2CCCC21)NC(=O)C1C2CCCC2CN1C(=O)c1cc2c(OC)cccc2[nH]1. The van der Waals surface area contributed by atoms with Crippen LogP contribution in [0.3, 0.4) is 0 Å². The van der Waals surface area contributed by atoms with Gasteiger partial charge >= 0.3 is 0 Å². The van der Waals surface area contributed by atoms with Gasteiger partial charge in [-0.05, 0) is 68.1 Å². The van der Waals surface area contributed by atoms with Crippen molar-refractivity contribution >= 4 is 34.4 Å². The number of rotatable bonds is 8. The van der Waals surface area contributed by atoms with Crippen molar-refractivity contribution in [2.45, 2.75) is 76.4 Å². The van der Waals surface area contributed by atoms with E-state index >= 15 is 0 Å². The van der Waals surface area contributed by atoms with Crippen LogP contribution in [0.1, 0.15) is 68.8 Å². The Morgan fingerprint density at radius 3 is 2.72 bits per heavy atom. The summed E-state index contributed by atoms with van der Waals surface area (Å²) in [5, 5.41) is 6.95. The molecule has 39 heavy (non-hydrogen) atoms. The first-order chi connectivity index (χ1) is 18.9. The van der Waals surface area contributed by atoms with Gasteiger partial charge in [-0.1, -0.05) is 25.8 Å². The van der Waals surface area contributed by atoms with Gasteiger partial charge in [0, 0.05) is 35.8 Å². The molecule has 9 heteroatoms. The van der Waals surface area contributed by atoms with Crippen molar-refractivity contribution in [2.24, 2.45) is 23.7 Å². The summed E-state index contributed by atoms with van der Waals surface area (Å²) in [5.74, 6) is 0.406. The number of carbonyl (C=O) groups is 4. The third-order valence-corrected chi connectivity index (χ3v) is 9.79. The number of aromatic amines is 1. The highest BCUT2D eigenvalue weighted by atomic mass is 16.5. The van der Waals surface area contributed by atoms with Gasteiger partial charge in [-0.3, -0.25) is 19.2 Å². The van der Waals surface area contributed by atoms with Crippen molar-refractivity contribution in [1.82, 2.24) is 20.5 Å². The first kappa shape index (κ1) is 25.9. The van der Waals surface area contributed by atoms with Crippen LogP contribution in [0.4, 0.5) is 0 Å². The molecule has 1 aromatic heterocycles. The Morgan fingerprint density at radius 2 is 1.92 bits per heavy atom. The van der Waals surface area contributed by atoms with Gasteiger partial charge in [0.05, 0.1) is 13.2 Å². The number of ether oxygens (including phenoxy) is 1. The number of fused-ring (bicyclic) bond motifs is 3. The molecule has 1 aromatic carbocycles. The number of likely N-dealkylation sites (tertiary alicyclic amines) is 1. The van der Waals surface area contributed by atoms with Crippen molar-refractivity contribution in [3.63, 3.8) is 0 Å². The molecule has 0 spiro atoms. The molecule has 2 saturated heterocycles. The number of aromatic nitrogens is 1. The number of ketones is 1. The van der Waals surface area contributed by atoms with E-state index in [4.69, 9.17) is 4.74 Å². The maximum absolute atomic E-state index is 13.9. The number of H-pyrrole nitrogens is 1. The topological polar surface area (TPSA) is 121 Å². The summed E-state index contributed by atoms with van der Waals surface area (Å²) in [6.45, 7) is 2.31. The van der Waals surface area contributed by atoms with E-state index < -0.39 is 12.1 Å². The molecule has 4 aliphatic rings. The maximum atomic E-state index is 13.9. The molecule has 9 nitrogen and oxygen atoms in total. The van der Waals surface area contributed by atoms with Gasteiger partial charge in [-0.15, -0.1) is 0 Å². The monoisotopic (exact) mass is 534 g/mol. The number of hydrogen-bond acceptors (Lipinski definition) is 5. The maximum Gasteiger partial charge on any atom is 0.271 e. The van der Waals surface area contributed by atoms with Gasteiger partial charge in [0.15, 0.2) is 5.78 Å². The fraction of sp³-hybridized carbons (Fsp3) is 0.600. The van der Waals surface area contributed by atoms with E-state index in [1.165, 1.54) is 0 Å². The molecule has 7 atom stereocenters. The zero-order valence-electron chi connectivity index (χ0n) is 22.7. The number of Topliss-reactive ketones (excluding diaryl/α,β-unsaturated/α-hetero) is 1. The molecule has 6 rings (SSSR count). The van der Waals surface area contributed by atoms with Crippen LogP contribution in [-0.4, -0.2) is 65.2 Å². The quantitative estimate of drug-likeness (QED) is 0.480. The van der Waals surface area contributed by atoms with E-state index in [1.54, 1.807) is 25.0 Å². The van der Waals surface area contributed by atoms with Gasteiger partial charge < -0.3 is 25.3 Å². The molecule has 2 aliphatic heterocycles. The lowest BCUT2D eigenvalue weighted by atomic mass is 9.85. The first-order valence-corrected chi connectivity index (χ1v) is 14.5. The number of carbonyl (C=O) groups excluding carboxylic acids is 4. The number of benzene rings is 1. The summed E-state index contributed by atoms with van der Waals surface area (Å²) < 4.78 is 5.46. The van der Waals surface area contributed by atoms with E-state index in [0.717, 1.165) is 49.4 Å². The minimum atomic E-state index is -0.729. The van der Waals surface area contributed by atoms with Crippen molar-refractivity contribution < 1.29 is 23.9 Å². The number of amides is 3. The summed E-state index contributed by atoms with van der Waals surface area (Å²) in [6.07, 6.45) is 6.54. The van der Waals surface area contributed by atoms with Gasteiger partial charge in [0.2, 0.25) is 11.8 Å². The third-order valence-electron chi connectivity index (χ3n) is 9.79. The van der Waals surface area contributed by atoms with E-state index in [1.807, 2.05) is 18.2 Å². The zero-order chi connectivity index (χ0) is 27.3. The molecule has 4 fully saturated rings. The Kier molecular flexibility index (Phi) is 6.85. The molecule has 0 bridgehead atoms. The van der Waals surface area contributed by atoms with Crippen molar-refractivity contribution in [3.05, 3.63) is 30.0 Å². The lowest BCUT2D eigenvalue weighted by molar-refractivity contribution is -0.132. The smallest absolute Gasteiger partial charge is 0.271 e. The average Bonchev–Trinajstić information content (AvgIpc) is 3.74. The molecular formula is C30H38N4O5. The number of hydrogen-bond donors (Lipinski definition) is 3. The average molecular weight is 535 g/mol. The lowest BCUT2D eigenvalue weighted by Gasteiger charge is -2.29. The van der Waals surface area contributed by atoms with Crippen LogP contribution >= 0.6 is 0 Å². The van der Waals surface area contributed by atoms with E-state index in [-0.39, 0.29) is 59.6 Å². The summed E-state index contributed by atoms with van der Waals surface area (Å²) in [5.41, 5.74) is 1.22. The number of nitrogens with one attached hydrogen (secondary N) is 3. The van der Waals surface area contributed by atoms with Crippen LogP contribution in [0.25, 0.3) is 10.9 Å². The fourth-order valence-corrected chi connectivity index (χ4v) is 7.87. The van der Waals surface area contributed by atoms with Crippen LogP contribution in [-0.2, 0) is 14.4 Å². The van der Waals surface area contributed by atoms with Crippen LogP contribution in [0.5, 0.6) is 5.75 Å². The Morgan fingerprint density at radius 1 is 1.13 bits per heavy atom. The molecule has 7 unspecified atom stereocenters. The van der Waals surface area contributed by atoms with Crippen molar-refractivity contribution in [3.8, 4) is 5.75 Å².